The van der Waals surface area contributed by atoms with E-state index in [4.69, 9.17) is 9.47 Å². The molecule has 1 atom stereocenters. The molecule has 6 heteroatoms. The first-order valence-corrected chi connectivity index (χ1v) is 10.5. The first-order chi connectivity index (χ1) is 15.0. The largest absolute Gasteiger partial charge is 0.492 e. The number of benzene rings is 3. The molecule has 2 N–H and O–H groups in total. The number of carbonyl (C=O) groups is 2. The van der Waals surface area contributed by atoms with E-state index in [-0.39, 0.29) is 30.9 Å². The molecular formula is C25H26N2O4. The van der Waals surface area contributed by atoms with Crippen molar-refractivity contribution >= 4 is 28.3 Å². The van der Waals surface area contributed by atoms with Crippen molar-refractivity contribution in [1.29, 1.82) is 0 Å². The standard InChI is InChI=1S/C25H26N2O4/c1-3-30-23-12-19-11-16(2)31-22(19)14-21(23)27-25(29)15-26-24(28)13-18-9-6-8-17-7-4-5-10-20(17)18/h4-10,12,14,16H,3,11,13,15H2,1-2H3,(H,26,28)(H,27,29). The van der Waals surface area contributed by atoms with E-state index in [1.54, 1.807) is 6.07 Å². The number of hydrogen-bond acceptors (Lipinski definition) is 4. The van der Waals surface area contributed by atoms with Crippen LogP contribution in [0.15, 0.2) is 54.6 Å². The van der Waals surface area contributed by atoms with Gasteiger partial charge in [0.25, 0.3) is 0 Å². The highest BCUT2D eigenvalue weighted by molar-refractivity contribution is 5.97. The molecule has 0 bridgehead atoms. The Bertz CT molecular complexity index is 1120. The van der Waals surface area contributed by atoms with E-state index in [2.05, 4.69) is 10.6 Å². The van der Waals surface area contributed by atoms with Crippen LogP contribution in [0.4, 0.5) is 5.69 Å². The molecule has 2 amide bonds. The normalized spacial score (nSPS) is 14.6. The number of nitrogens with one attached hydrogen (secondary N) is 2. The first kappa shape index (κ1) is 20.7. The van der Waals surface area contributed by atoms with E-state index < -0.39 is 0 Å². The van der Waals surface area contributed by atoms with Crippen LogP contribution in [0.2, 0.25) is 0 Å². The summed E-state index contributed by atoms with van der Waals surface area (Å²) < 4.78 is 11.5. The number of carbonyl (C=O) groups excluding carboxylic acids is 2. The van der Waals surface area contributed by atoms with Gasteiger partial charge in [0.15, 0.2) is 0 Å². The predicted octanol–water partition coefficient (Wildman–Crippen LogP) is 3.86. The Balaban J connectivity index is 1.38. The number of ether oxygens (including phenoxy) is 2. The Morgan fingerprint density at radius 3 is 2.74 bits per heavy atom. The monoisotopic (exact) mass is 418 g/mol. The number of amides is 2. The van der Waals surface area contributed by atoms with Gasteiger partial charge < -0.3 is 20.1 Å². The van der Waals surface area contributed by atoms with Gasteiger partial charge in [0.05, 0.1) is 25.3 Å². The fourth-order valence-corrected chi connectivity index (χ4v) is 3.87. The van der Waals surface area contributed by atoms with E-state index in [0.717, 1.165) is 34.1 Å². The summed E-state index contributed by atoms with van der Waals surface area (Å²) in [6.45, 7) is 4.26. The summed E-state index contributed by atoms with van der Waals surface area (Å²) in [4.78, 5) is 24.9. The van der Waals surface area contributed by atoms with Crippen molar-refractivity contribution in [2.24, 2.45) is 0 Å². The number of anilines is 1. The van der Waals surface area contributed by atoms with E-state index in [9.17, 15) is 9.59 Å². The van der Waals surface area contributed by atoms with Crippen LogP contribution in [-0.2, 0) is 22.4 Å². The summed E-state index contributed by atoms with van der Waals surface area (Å²) in [5.74, 6) is 0.835. The fourth-order valence-electron chi connectivity index (χ4n) is 3.87. The van der Waals surface area contributed by atoms with Crippen LogP contribution in [-0.4, -0.2) is 31.1 Å². The second-order valence-corrected chi connectivity index (χ2v) is 7.66. The van der Waals surface area contributed by atoms with Crippen molar-refractivity contribution in [2.75, 3.05) is 18.5 Å². The number of fused-ring (bicyclic) bond motifs is 2. The Morgan fingerprint density at radius 2 is 1.90 bits per heavy atom. The molecular weight excluding hydrogens is 392 g/mol. The summed E-state index contributed by atoms with van der Waals surface area (Å²) >= 11 is 0. The van der Waals surface area contributed by atoms with Gasteiger partial charge in [0, 0.05) is 18.1 Å². The third-order valence-corrected chi connectivity index (χ3v) is 5.25. The lowest BCUT2D eigenvalue weighted by Gasteiger charge is -2.14. The maximum Gasteiger partial charge on any atom is 0.243 e. The van der Waals surface area contributed by atoms with Crippen molar-refractivity contribution < 1.29 is 19.1 Å². The van der Waals surface area contributed by atoms with E-state index in [1.165, 1.54) is 0 Å². The first-order valence-electron chi connectivity index (χ1n) is 10.5. The quantitative estimate of drug-likeness (QED) is 0.611. The van der Waals surface area contributed by atoms with E-state index in [0.29, 0.717) is 18.0 Å². The molecule has 3 aromatic carbocycles. The summed E-state index contributed by atoms with van der Waals surface area (Å²) in [5, 5.41) is 7.66. The minimum Gasteiger partial charge on any atom is -0.492 e. The van der Waals surface area contributed by atoms with Gasteiger partial charge in [-0.2, -0.15) is 0 Å². The van der Waals surface area contributed by atoms with Gasteiger partial charge >= 0.3 is 0 Å². The van der Waals surface area contributed by atoms with Crippen LogP contribution in [0.5, 0.6) is 11.5 Å². The van der Waals surface area contributed by atoms with Crippen LogP contribution in [0, 0.1) is 0 Å². The molecule has 0 fully saturated rings. The van der Waals surface area contributed by atoms with Crippen molar-refractivity contribution in [1.82, 2.24) is 5.32 Å². The summed E-state index contributed by atoms with van der Waals surface area (Å²) in [5.41, 5.74) is 2.54. The highest BCUT2D eigenvalue weighted by atomic mass is 16.5. The van der Waals surface area contributed by atoms with Crippen LogP contribution in [0.1, 0.15) is 25.0 Å². The molecule has 0 saturated carbocycles. The predicted molar refractivity (Wildman–Crippen MR) is 121 cm³/mol. The molecule has 6 nitrogen and oxygen atoms in total. The zero-order valence-corrected chi connectivity index (χ0v) is 17.7. The van der Waals surface area contributed by atoms with Crippen molar-refractivity contribution in [3.63, 3.8) is 0 Å². The van der Waals surface area contributed by atoms with Gasteiger partial charge in [-0.15, -0.1) is 0 Å². The van der Waals surface area contributed by atoms with Crippen LogP contribution in [0.3, 0.4) is 0 Å². The van der Waals surface area contributed by atoms with Crippen LogP contribution >= 0.6 is 0 Å². The number of hydrogen-bond donors (Lipinski definition) is 2. The van der Waals surface area contributed by atoms with Gasteiger partial charge in [-0.05, 0) is 36.2 Å². The lowest BCUT2D eigenvalue weighted by Crippen LogP contribution is -2.33. The molecule has 1 aliphatic rings. The molecule has 1 heterocycles. The third-order valence-electron chi connectivity index (χ3n) is 5.25. The van der Waals surface area contributed by atoms with Crippen molar-refractivity contribution in [3.8, 4) is 11.5 Å². The molecule has 1 unspecified atom stereocenters. The van der Waals surface area contributed by atoms with Gasteiger partial charge in [0.1, 0.15) is 17.6 Å². The Kier molecular flexibility index (Phi) is 6.07. The molecule has 0 saturated heterocycles. The van der Waals surface area contributed by atoms with Gasteiger partial charge in [-0.1, -0.05) is 42.5 Å². The fraction of sp³-hybridized carbons (Fsp3) is 0.280. The average molecular weight is 418 g/mol. The minimum absolute atomic E-state index is 0.101. The summed E-state index contributed by atoms with van der Waals surface area (Å²) in [7, 11) is 0. The van der Waals surface area contributed by atoms with E-state index in [1.807, 2.05) is 62.4 Å². The molecule has 0 radical (unpaired) electrons. The highest BCUT2D eigenvalue weighted by Crippen LogP contribution is 2.38. The second-order valence-electron chi connectivity index (χ2n) is 7.66. The Hall–Kier alpha value is -3.54. The Morgan fingerprint density at radius 1 is 1.10 bits per heavy atom. The van der Waals surface area contributed by atoms with Crippen molar-refractivity contribution in [3.05, 3.63) is 65.7 Å². The van der Waals surface area contributed by atoms with Crippen LogP contribution in [0.25, 0.3) is 10.8 Å². The van der Waals surface area contributed by atoms with Crippen molar-refractivity contribution in [2.45, 2.75) is 32.8 Å². The average Bonchev–Trinajstić information content (AvgIpc) is 3.12. The van der Waals surface area contributed by atoms with Gasteiger partial charge in [-0.25, -0.2) is 0 Å². The second kappa shape index (κ2) is 9.08. The molecule has 0 aromatic heterocycles. The maximum absolute atomic E-state index is 12.5. The van der Waals surface area contributed by atoms with Gasteiger partial charge in [0.2, 0.25) is 11.8 Å². The summed E-state index contributed by atoms with van der Waals surface area (Å²) in [6, 6.07) is 17.5. The SMILES string of the molecule is CCOc1cc2c(cc1NC(=O)CNC(=O)Cc1cccc3ccccc13)OC(C)C2. The van der Waals surface area contributed by atoms with Gasteiger partial charge in [-0.3, -0.25) is 9.59 Å². The molecule has 4 rings (SSSR count). The zero-order valence-electron chi connectivity index (χ0n) is 17.7. The Labute approximate surface area is 181 Å². The molecule has 3 aromatic rings. The van der Waals surface area contributed by atoms with Crippen LogP contribution < -0.4 is 20.1 Å². The van der Waals surface area contributed by atoms with E-state index >= 15 is 0 Å². The lowest BCUT2D eigenvalue weighted by atomic mass is 10.0. The molecule has 0 aliphatic carbocycles. The maximum atomic E-state index is 12.5. The molecule has 1 aliphatic heterocycles. The molecule has 31 heavy (non-hydrogen) atoms. The smallest absolute Gasteiger partial charge is 0.243 e. The lowest BCUT2D eigenvalue weighted by molar-refractivity contribution is -0.123. The zero-order chi connectivity index (χ0) is 21.8. The topological polar surface area (TPSA) is 76.7 Å². The molecule has 0 spiro atoms. The highest BCUT2D eigenvalue weighted by Gasteiger charge is 2.22. The third kappa shape index (κ3) is 4.79. The molecule has 160 valence electrons. The number of rotatable bonds is 7. The summed E-state index contributed by atoms with van der Waals surface area (Å²) in [6.07, 6.45) is 1.13. The minimum atomic E-state index is -0.321.